The van der Waals surface area contributed by atoms with E-state index in [-0.39, 0.29) is 13.3 Å². The maximum atomic E-state index is 13.7. The molecule has 2 aromatic carbocycles. The van der Waals surface area contributed by atoms with E-state index in [0.29, 0.717) is 17.1 Å². The van der Waals surface area contributed by atoms with Gasteiger partial charge in [0, 0.05) is 6.54 Å². The molecular weight excluding hydrogens is 419 g/mol. The fourth-order valence-corrected chi connectivity index (χ4v) is 2.59. The first-order chi connectivity index (χ1) is 14.2. The first kappa shape index (κ1) is 21.3. The quantitative estimate of drug-likeness (QED) is 0.366. The van der Waals surface area contributed by atoms with Crippen molar-refractivity contribution >= 4 is 11.8 Å². The lowest BCUT2D eigenvalue weighted by molar-refractivity contribution is -0.124. The lowest BCUT2D eigenvalue weighted by Gasteiger charge is -2.17. The first-order valence-corrected chi connectivity index (χ1v) is 8.34. The molecule has 0 aromatic heterocycles. The number of hydrogen-bond donors (Lipinski definition) is 3. The van der Waals surface area contributed by atoms with E-state index in [0.717, 1.165) is 0 Å². The van der Waals surface area contributed by atoms with Crippen molar-refractivity contribution in [1.82, 2.24) is 10.6 Å². The fraction of sp³-hybridized carbons (Fsp3) is 0.222. The van der Waals surface area contributed by atoms with Crippen molar-refractivity contribution in [2.45, 2.75) is 12.6 Å². The van der Waals surface area contributed by atoms with Crippen molar-refractivity contribution in [3.8, 4) is 11.5 Å². The molecular formula is C18H13F5N2O5. The molecule has 0 saturated carbocycles. The summed E-state index contributed by atoms with van der Waals surface area (Å²) < 4.78 is 77.3. The zero-order valence-electron chi connectivity index (χ0n) is 14.9. The summed E-state index contributed by atoms with van der Waals surface area (Å²) in [5, 5.41) is 13.4. The van der Waals surface area contributed by atoms with E-state index in [9.17, 15) is 36.6 Å². The van der Waals surface area contributed by atoms with Crippen molar-refractivity contribution in [2.24, 2.45) is 0 Å². The molecule has 160 valence electrons. The topological polar surface area (TPSA) is 96.9 Å². The number of rotatable bonds is 6. The summed E-state index contributed by atoms with van der Waals surface area (Å²) in [6, 6.07) is 3.05. The van der Waals surface area contributed by atoms with Gasteiger partial charge in [-0.15, -0.1) is 0 Å². The Labute approximate surface area is 165 Å². The van der Waals surface area contributed by atoms with E-state index in [1.165, 1.54) is 0 Å². The number of fused-ring (bicyclic) bond motifs is 1. The minimum absolute atomic E-state index is 0.0431. The van der Waals surface area contributed by atoms with Gasteiger partial charge in [-0.25, -0.2) is 22.0 Å². The van der Waals surface area contributed by atoms with Crippen LogP contribution in [0.15, 0.2) is 18.2 Å². The van der Waals surface area contributed by atoms with Gasteiger partial charge in [0.2, 0.25) is 18.5 Å². The highest BCUT2D eigenvalue weighted by Gasteiger charge is 2.31. The average Bonchev–Trinajstić information content (AvgIpc) is 3.21. The monoisotopic (exact) mass is 432 g/mol. The van der Waals surface area contributed by atoms with Crippen LogP contribution in [0.4, 0.5) is 22.0 Å². The molecule has 0 unspecified atom stereocenters. The maximum absolute atomic E-state index is 13.7. The summed E-state index contributed by atoms with van der Waals surface area (Å²) in [5.41, 5.74) is -1.20. The third-order valence-corrected chi connectivity index (χ3v) is 4.14. The number of carbonyl (C=O) groups is 2. The summed E-state index contributed by atoms with van der Waals surface area (Å²) in [7, 11) is 0. The van der Waals surface area contributed by atoms with Crippen LogP contribution < -0.4 is 20.1 Å². The number of halogens is 5. The summed E-state index contributed by atoms with van der Waals surface area (Å²) in [6.07, 6.45) is 0. The van der Waals surface area contributed by atoms with Crippen molar-refractivity contribution in [1.29, 1.82) is 0 Å². The lowest BCUT2D eigenvalue weighted by atomic mass is 10.1. The Hall–Kier alpha value is -3.41. The van der Waals surface area contributed by atoms with Crippen molar-refractivity contribution in [3.63, 3.8) is 0 Å². The molecule has 0 spiro atoms. The molecule has 12 heteroatoms. The SMILES string of the molecule is O=C(N[C@@H](CO)C(=O)NCc1ccc2c(c1)OCO2)c1c(F)c(F)c(F)c(F)c1F. The molecule has 30 heavy (non-hydrogen) atoms. The number of hydrogen-bond acceptors (Lipinski definition) is 5. The fourth-order valence-electron chi connectivity index (χ4n) is 2.59. The number of benzene rings is 2. The van der Waals surface area contributed by atoms with Gasteiger partial charge in [-0.1, -0.05) is 6.07 Å². The zero-order chi connectivity index (χ0) is 22.0. The van der Waals surface area contributed by atoms with Crippen molar-refractivity contribution in [2.75, 3.05) is 13.4 Å². The van der Waals surface area contributed by atoms with E-state index in [1.807, 2.05) is 0 Å². The predicted molar refractivity (Wildman–Crippen MR) is 89.0 cm³/mol. The number of aliphatic hydroxyl groups is 1. The van der Waals surface area contributed by atoms with Gasteiger partial charge < -0.3 is 25.2 Å². The zero-order valence-corrected chi connectivity index (χ0v) is 14.9. The van der Waals surface area contributed by atoms with Gasteiger partial charge in [0.15, 0.2) is 34.8 Å². The molecule has 0 radical (unpaired) electrons. The molecule has 1 heterocycles. The summed E-state index contributed by atoms with van der Waals surface area (Å²) in [6.45, 7) is -1.04. The predicted octanol–water partition coefficient (Wildman–Crippen LogP) is 1.52. The molecule has 2 aromatic rings. The molecule has 3 N–H and O–H groups in total. The molecule has 3 rings (SSSR count). The van der Waals surface area contributed by atoms with Gasteiger partial charge in [0.05, 0.1) is 6.61 Å². The van der Waals surface area contributed by atoms with Crippen LogP contribution in [0.1, 0.15) is 15.9 Å². The van der Waals surface area contributed by atoms with Gasteiger partial charge >= 0.3 is 0 Å². The van der Waals surface area contributed by atoms with Crippen LogP contribution in [-0.2, 0) is 11.3 Å². The smallest absolute Gasteiger partial charge is 0.258 e. The molecule has 0 aliphatic carbocycles. The second-order valence-electron chi connectivity index (χ2n) is 6.06. The lowest BCUT2D eigenvalue weighted by Crippen LogP contribution is -2.49. The number of nitrogens with one attached hydrogen (secondary N) is 2. The van der Waals surface area contributed by atoms with Crippen molar-refractivity contribution < 1.29 is 46.1 Å². The van der Waals surface area contributed by atoms with Crippen LogP contribution in [0.25, 0.3) is 0 Å². The Bertz CT molecular complexity index is 988. The molecule has 2 amide bonds. The van der Waals surface area contributed by atoms with Gasteiger partial charge in [0.1, 0.15) is 11.6 Å². The third-order valence-electron chi connectivity index (χ3n) is 4.14. The van der Waals surface area contributed by atoms with E-state index < -0.39 is 59.1 Å². The van der Waals surface area contributed by atoms with E-state index in [2.05, 4.69) is 5.32 Å². The number of ether oxygens (including phenoxy) is 2. The number of amides is 2. The highest BCUT2D eigenvalue weighted by atomic mass is 19.2. The molecule has 7 nitrogen and oxygen atoms in total. The second kappa shape index (κ2) is 8.53. The Kier molecular flexibility index (Phi) is 6.06. The number of aliphatic hydroxyl groups excluding tert-OH is 1. The third kappa shape index (κ3) is 3.99. The normalized spacial score (nSPS) is 13.1. The number of carbonyl (C=O) groups excluding carboxylic acids is 2. The Balaban J connectivity index is 1.69. The summed E-state index contributed by atoms with van der Waals surface area (Å²) in [4.78, 5) is 24.2. The highest BCUT2D eigenvalue weighted by Crippen LogP contribution is 2.32. The van der Waals surface area contributed by atoms with Crippen LogP contribution in [-0.4, -0.2) is 36.4 Å². The molecule has 1 aliphatic heterocycles. The first-order valence-electron chi connectivity index (χ1n) is 8.34. The molecule has 1 aliphatic rings. The van der Waals surface area contributed by atoms with Crippen LogP contribution in [0.3, 0.4) is 0 Å². The Morgan fingerprint density at radius 1 is 0.967 bits per heavy atom. The largest absolute Gasteiger partial charge is 0.454 e. The maximum Gasteiger partial charge on any atom is 0.258 e. The molecule has 0 bridgehead atoms. The Morgan fingerprint density at radius 3 is 2.20 bits per heavy atom. The van der Waals surface area contributed by atoms with Gasteiger partial charge in [-0.3, -0.25) is 9.59 Å². The standard InChI is InChI=1S/C18H13F5N2O5/c19-12-11(13(20)15(22)16(23)14(12)21)18(28)25-8(5-26)17(27)24-4-7-1-2-9-10(3-7)30-6-29-9/h1-3,8,26H,4-6H2,(H,24,27)(H,25,28)/t8-/m0/s1. The highest BCUT2D eigenvalue weighted by molar-refractivity contribution is 5.98. The Morgan fingerprint density at radius 2 is 1.57 bits per heavy atom. The average molecular weight is 432 g/mol. The van der Waals surface area contributed by atoms with E-state index in [1.54, 1.807) is 23.5 Å². The minimum atomic E-state index is -2.43. The molecule has 1 atom stereocenters. The van der Waals surface area contributed by atoms with E-state index in [4.69, 9.17) is 9.47 Å². The van der Waals surface area contributed by atoms with Crippen LogP contribution >= 0.6 is 0 Å². The van der Waals surface area contributed by atoms with Gasteiger partial charge in [-0.05, 0) is 17.7 Å². The van der Waals surface area contributed by atoms with Gasteiger partial charge in [0.25, 0.3) is 5.91 Å². The second-order valence-corrected chi connectivity index (χ2v) is 6.06. The summed E-state index contributed by atoms with van der Waals surface area (Å²) in [5.74, 6) is -13.6. The minimum Gasteiger partial charge on any atom is -0.454 e. The van der Waals surface area contributed by atoms with Crippen LogP contribution in [0, 0.1) is 29.1 Å². The van der Waals surface area contributed by atoms with E-state index >= 15 is 0 Å². The summed E-state index contributed by atoms with van der Waals surface area (Å²) >= 11 is 0. The van der Waals surface area contributed by atoms with Crippen LogP contribution in [0.5, 0.6) is 11.5 Å². The van der Waals surface area contributed by atoms with Crippen LogP contribution in [0.2, 0.25) is 0 Å². The van der Waals surface area contributed by atoms with Gasteiger partial charge in [-0.2, -0.15) is 0 Å². The molecule has 0 saturated heterocycles. The van der Waals surface area contributed by atoms with Crippen molar-refractivity contribution in [3.05, 3.63) is 58.4 Å². The molecule has 0 fully saturated rings.